The van der Waals surface area contributed by atoms with Crippen molar-refractivity contribution in [2.45, 2.75) is 31.3 Å². The lowest BCUT2D eigenvalue weighted by molar-refractivity contribution is -0.145. The van der Waals surface area contributed by atoms with E-state index in [0.29, 0.717) is 13.0 Å². The number of benzene rings is 2. The van der Waals surface area contributed by atoms with Gasteiger partial charge in [-0.05, 0) is 24.1 Å². The van der Waals surface area contributed by atoms with Crippen LogP contribution < -0.4 is 10.6 Å². The minimum Gasteiger partial charge on any atom is -0.481 e. The van der Waals surface area contributed by atoms with Crippen molar-refractivity contribution in [3.63, 3.8) is 0 Å². The van der Waals surface area contributed by atoms with Gasteiger partial charge >= 0.3 is 11.9 Å². The number of carboxylic acids is 1. The Morgan fingerprint density at radius 2 is 1.52 bits per heavy atom. The highest BCUT2D eigenvalue weighted by Gasteiger charge is 2.27. The average molecular weight is 398 g/mol. The molecule has 154 valence electrons. The van der Waals surface area contributed by atoms with E-state index in [1.807, 2.05) is 60.7 Å². The number of amides is 1. The van der Waals surface area contributed by atoms with Gasteiger partial charge in [-0.3, -0.25) is 9.59 Å². The van der Waals surface area contributed by atoms with E-state index in [1.165, 1.54) is 7.11 Å². The fourth-order valence-electron chi connectivity index (χ4n) is 2.93. The van der Waals surface area contributed by atoms with E-state index in [1.54, 1.807) is 0 Å². The van der Waals surface area contributed by atoms with E-state index in [2.05, 4.69) is 10.6 Å². The van der Waals surface area contributed by atoms with E-state index >= 15 is 0 Å². The van der Waals surface area contributed by atoms with Crippen molar-refractivity contribution < 1.29 is 24.2 Å². The van der Waals surface area contributed by atoms with Crippen molar-refractivity contribution in [2.24, 2.45) is 0 Å². The third-order valence-corrected chi connectivity index (χ3v) is 4.43. The van der Waals surface area contributed by atoms with Crippen LogP contribution in [0.2, 0.25) is 0 Å². The maximum absolute atomic E-state index is 12.7. The van der Waals surface area contributed by atoms with E-state index < -0.39 is 29.9 Å². The monoisotopic (exact) mass is 398 g/mol. The first-order valence-corrected chi connectivity index (χ1v) is 9.41. The van der Waals surface area contributed by atoms with Crippen LogP contribution in [0.5, 0.6) is 0 Å². The Morgan fingerprint density at radius 1 is 0.931 bits per heavy atom. The van der Waals surface area contributed by atoms with E-state index in [9.17, 15) is 14.4 Å². The van der Waals surface area contributed by atoms with Gasteiger partial charge in [0.05, 0.1) is 19.6 Å². The standard InChI is InChI=1S/C22H26N2O5/c1-29-22(28)19(14-17-10-6-3-7-11-17)24-21(27)18(15-20(25)26)23-13-12-16-8-4-2-5-9-16/h2-11,18-19,23H,12-15H2,1H3,(H,24,27)(H,25,26)/t18-,19-/m0/s1. The summed E-state index contributed by atoms with van der Waals surface area (Å²) in [5.41, 5.74) is 1.93. The van der Waals surface area contributed by atoms with Gasteiger partial charge in [-0.15, -0.1) is 0 Å². The molecule has 0 saturated heterocycles. The molecule has 2 aromatic rings. The fraction of sp³-hybridized carbons (Fsp3) is 0.318. The second-order valence-electron chi connectivity index (χ2n) is 6.61. The lowest BCUT2D eigenvalue weighted by atomic mass is 10.0. The summed E-state index contributed by atoms with van der Waals surface area (Å²) in [4.78, 5) is 36.0. The zero-order valence-electron chi connectivity index (χ0n) is 16.3. The summed E-state index contributed by atoms with van der Waals surface area (Å²) in [7, 11) is 1.25. The summed E-state index contributed by atoms with van der Waals surface area (Å²) in [6, 6.07) is 17.0. The maximum atomic E-state index is 12.7. The van der Waals surface area contributed by atoms with Crippen LogP contribution in [0.4, 0.5) is 0 Å². The summed E-state index contributed by atoms with van der Waals surface area (Å²) >= 11 is 0. The Balaban J connectivity index is 2.00. The summed E-state index contributed by atoms with van der Waals surface area (Å²) < 4.78 is 4.79. The van der Waals surface area contributed by atoms with Crippen molar-refractivity contribution in [1.29, 1.82) is 0 Å². The Labute approximate surface area is 170 Å². The summed E-state index contributed by atoms with van der Waals surface area (Å²) in [5, 5.41) is 14.8. The van der Waals surface area contributed by atoms with Crippen molar-refractivity contribution in [3.05, 3.63) is 71.8 Å². The lowest BCUT2D eigenvalue weighted by Gasteiger charge is -2.21. The van der Waals surface area contributed by atoms with Crippen LogP contribution >= 0.6 is 0 Å². The van der Waals surface area contributed by atoms with Gasteiger partial charge in [-0.2, -0.15) is 0 Å². The SMILES string of the molecule is COC(=O)[C@H](Cc1ccccc1)NC(=O)[C@H](CC(=O)O)NCCc1ccccc1. The Bertz CT molecular complexity index is 795. The quantitative estimate of drug-likeness (QED) is 0.496. The van der Waals surface area contributed by atoms with Crippen LogP contribution in [0, 0.1) is 0 Å². The molecule has 0 fully saturated rings. The Hall–Kier alpha value is -3.19. The molecule has 0 unspecified atom stereocenters. The molecule has 0 saturated carbocycles. The van der Waals surface area contributed by atoms with Crippen LogP contribution in [0.15, 0.2) is 60.7 Å². The molecule has 2 rings (SSSR count). The second-order valence-corrected chi connectivity index (χ2v) is 6.61. The molecule has 0 bridgehead atoms. The fourth-order valence-corrected chi connectivity index (χ4v) is 2.93. The van der Waals surface area contributed by atoms with Gasteiger partial charge in [0.2, 0.25) is 5.91 Å². The Kier molecular flexibility index (Phi) is 8.85. The highest BCUT2D eigenvalue weighted by Crippen LogP contribution is 2.06. The molecule has 1 amide bonds. The number of hydrogen-bond acceptors (Lipinski definition) is 5. The first-order chi connectivity index (χ1) is 14.0. The lowest BCUT2D eigenvalue weighted by Crippen LogP contribution is -2.52. The molecule has 2 aromatic carbocycles. The number of methoxy groups -OCH3 is 1. The highest BCUT2D eigenvalue weighted by molar-refractivity contribution is 5.90. The predicted molar refractivity (Wildman–Crippen MR) is 108 cm³/mol. The third-order valence-electron chi connectivity index (χ3n) is 4.43. The van der Waals surface area contributed by atoms with E-state index in [0.717, 1.165) is 11.1 Å². The number of rotatable bonds is 11. The smallest absolute Gasteiger partial charge is 0.328 e. The van der Waals surface area contributed by atoms with Gasteiger partial charge in [0.1, 0.15) is 6.04 Å². The topological polar surface area (TPSA) is 105 Å². The minimum atomic E-state index is -1.10. The number of carboxylic acid groups (broad SMARTS) is 1. The van der Waals surface area contributed by atoms with Crippen molar-refractivity contribution in [3.8, 4) is 0 Å². The van der Waals surface area contributed by atoms with Crippen LogP contribution in [0.3, 0.4) is 0 Å². The molecule has 0 aromatic heterocycles. The zero-order chi connectivity index (χ0) is 21.1. The number of aliphatic carboxylic acids is 1. The number of ether oxygens (including phenoxy) is 1. The molecule has 0 aliphatic rings. The molecule has 7 heteroatoms. The molecule has 29 heavy (non-hydrogen) atoms. The average Bonchev–Trinajstić information content (AvgIpc) is 2.73. The zero-order valence-corrected chi connectivity index (χ0v) is 16.3. The van der Waals surface area contributed by atoms with Crippen LogP contribution in [0.25, 0.3) is 0 Å². The second kappa shape index (κ2) is 11.6. The van der Waals surface area contributed by atoms with Gasteiger partial charge in [-0.25, -0.2) is 4.79 Å². The number of carbonyl (C=O) groups excluding carboxylic acids is 2. The highest BCUT2D eigenvalue weighted by atomic mass is 16.5. The molecule has 3 N–H and O–H groups in total. The van der Waals surface area contributed by atoms with E-state index in [-0.39, 0.29) is 12.8 Å². The molecular formula is C22H26N2O5. The molecule has 7 nitrogen and oxygen atoms in total. The molecule has 0 heterocycles. The third kappa shape index (κ3) is 7.75. The molecule has 0 radical (unpaired) electrons. The predicted octanol–water partition coefficient (Wildman–Crippen LogP) is 1.56. The van der Waals surface area contributed by atoms with Gasteiger partial charge in [0.15, 0.2) is 0 Å². The van der Waals surface area contributed by atoms with Crippen molar-refractivity contribution >= 4 is 17.8 Å². The molecule has 0 aliphatic carbocycles. The van der Waals surface area contributed by atoms with Gasteiger partial charge in [-0.1, -0.05) is 60.7 Å². The van der Waals surface area contributed by atoms with Gasteiger partial charge < -0.3 is 20.5 Å². The number of nitrogens with one attached hydrogen (secondary N) is 2. The summed E-state index contributed by atoms with van der Waals surface area (Å²) in [6.07, 6.45) is 0.512. The van der Waals surface area contributed by atoms with E-state index in [4.69, 9.17) is 9.84 Å². The number of hydrogen-bond donors (Lipinski definition) is 3. The van der Waals surface area contributed by atoms with Crippen LogP contribution in [-0.4, -0.2) is 48.7 Å². The minimum absolute atomic E-state index is 0.253. The van der Waals surface area contributed by atoms with Gasteiger partial charge in [0, 0.05) is 6.42 Å². The summed E-state index contributed by atoms with van der Waals surface area (Å²) in [5.74, 6) is -2.23. The van der Waals surface area contributed by atoms with Gasteiger partial charge in [0.25, 0.3) is 0 Å². The molecular weight excluding hydrogens is 372 g/mol. The maximum Gasteiger partial charge on any atom is 0.328 e. The summed E-state index contributed by atoms with van der Waals surface area (Å²) in [6.45, 7) is 0.428. The molecule has 2 atom stereocenters. The number of esters is 1. The normalized spacial score (nSPS) is 12.6. The molecule has 0 spiro atoms. The van der Waals surface area contributed by atoms with Crippen LogP contribution in [-0.2, 0) is 32.0 Å². The first-order valence-electron chi connectivity index (χ1n) is 9.41. The van der Waals surface area contributed by atoms with Crippen molar-refractivity contribution in [2.75, 3.05) is 13.7 Å². The van der Waals surface area contributed by atoms with Crippen LogP contribution in [0.1, 0.15) is 17.5 Å². The largest absolute Gasteiger partial charge is 0.481 e. The van der Waals surface area contributed by atoms with Crippen molar-refractivity contribution in [1.82, 2.24) is 10.6 Å². The Morgan fingerprint density at radius 3 is 2.07 bits per heavy atom. The first kappa shape index (κ1) is 22.1. The number of carbonyl (C=O) groups is 3. The molecule has 0 aliphatic heterocycles.